The third-order valence-electron chi connectivity index (χ3n) is 2.37. The Kier molecular flexibility index (Phi) is 6.10. The maximum atomic E-state index is 10.6. The van der Waals surface area contributed by atoms with Crippen molar-refractivity contribution in [2.75, 3.05) is 19.8 Å². The van der Waals surface area contributed by atoms with Gasteiger partial charge in [-0.05, 0) is 13.0 Å². The van der Waals surface area contributed by atoms with E-state index in [4.69, 9.17) is 15.2 Å². The number of hydrogen-bond acceptors (Lipinski definition) is 5. The normalized spacial score (nSPS) is 10.3. The number of ether oxygens (including phenoxy) is 2. The van der Waals surface area contributed by atoms with Gasteiger partial charge in [0.2, 0.25) is 0 Å². The van der Waals surface area contributed by atoms with Gasteiger partial charge in [0.05, 0.1) is 11.5 Å². The van der Waals surface area contributed by atoms with Crippen LogP contribution < -0.4 is 10.5 Å². The van der Waals surface area contributed by atoms with Crippen LogP contribution in [0.5, 0.6) is 5.75 Å². The monoisotopic (exact) mass is 254 g/mol. The summed E-state index contributed by atoms with van der Waals surface area (Å²) in [5.41, 5.74) is 6.21. The van der Waals surface area contributed by atoms with E-state index in [1.807, 2.05) is 6.92 Å². The molecule has 0 aliphatic rings. The predicted molar refractivity (Wildman–Crippen MR) is 67.6 cm³/mol. The largest absolute Gasteiger partial charge is 0.493 e. The molecule has 0 heterocycles. The fraction of sp³-hybridized carbons (Fsp3) is 0.500. The van der Waals surface area contributed by atoms with Crippen molar-refractivity contribution >= 4 is 5.69 Å². The van der Waals surface area contributed by atoms with Gasteiger partial charge in [-0.1, -0.05) is 0 Å². The Balaban J connectivity index is 2.57. The second-order valence-electron chi connectivity index (χ2n) is 3.65. The number of non-ortho nitro benzene ring substituents is 1. The summed E-state index contributed by atoms with van der Waals surface area (Å²) >= 11 is 0. The number of rotatable bonds is 8. The van der Waals surface area contributed by atoms with Crippen LogP contribution >= 0.6 is 0 Å². The van der Waals surface area contributed by atoms with E-state index in [0.29, 0.717) is 31.1 Å². The van der Waals surface area contributed by atoms with Crippen LogP contribution in [0, 0.1) is 10.1 Å². The molecule has 0 amide bonds. The van der Waals surface area contributed by atoms with Crippen molar-refractivity contribution in [3.8, 4) is 5.75 Å². The Hall–Kier alpha value is -1.66. The molecule has 18 heavy (non-hydrogen) atoms. The van der Waals surface area contributed by atoms with Gasteiger partial charge in [-0.25, -0.2) is 0 Å². The van der Waals surface area contributed by atoms with Gasteiger partial charge in [0, 0.05) is 43.9 Å². The standard InChI is InChI=1S/C12H18N2O4/c1-2-17-6-3-7-18-12-5-4-11(14(15)16)8-10(12)9-13/h4-5,8H,2-3,6-7,9,13H2,1H3. The molecule has 0 aliphatic carbocycles. The molecule has 1 aromatic rings. The smallest absolute Gasteiger partial charge is 0.270 e. The van der Waals surface area contributed by atoms with Crippen LogP contribution in [-0.4, -0.2) is 24.7 Å². The van der Waals surface area contributed by atoms with Crippen molar-refractivity contribution in [3.63, 3.8) is 0 Å². The van der Waals surface area contributed by atoms with Crippen molar-refractivity contribution in [3.05, 3.63) is 33.9 Å². The second kappa shape index (κ2) is 7.62. The molecule has 0 aliphatic heterocycles. The summed E-state index contributed by atoms with van der Waals surface area (Å²) in [7, 11) is 0. The Morgan fingerprint density at radius 3 is 2.78 bits per heavy atom. The van der Waals surface area contributed by atoms with E-state index < -0.39 is 4.92 Å². The van der Waals surface area contributed by atoms with E-state index in [9.17, 15) is 10.1 Å². The van der Waals surface area contributed by atoms with Gasteiger partial charge in [0.1, 0.15) is 5.75 Å². The number of hydrogen-bond donors (Lipinski definition) is 1. The maximum Gasteiger partial charge on any atom is 0.270 e. The van der Waals surface area contributed by atoms with Crippen molar-refractivity contribution in [2.45, 2.75) is 19.9 Å². The van der Waals surface area contributed by atoms with Crippen molar-refractivity contribution < 1.29 is 14.4 Å². The zero-order valence-electron chi connectivity index (χ0n) is 10.4. The minimum Gasteiger partial charge on any atom is -0.493 e. The minimum absolute atomic E-state index is 0.0251. The molecule has 6 nitrogen and oxygen atoms in total. The van der Waals surface area contributed by atoms with Gasteiger partial charge >= 0.3 is 0 Å². The van der Waals surface area contributed by atoms with E-state index in [-0.39, 0.29) is 12.2 Å². The molecule has 2 N–H and O–H groups in total. The van der Waals surface area contributed by atoms with Gasteiger partial charge in [-0.3, -0.25) is 10.1 Å². The lowest BCUT2D eigenvalue weighted by atomic mass is 10.2. The summed E-state index contributed by atoms with van der Waals surface area (Å²) in [4.78, 5) is 10.2. The molecular formula is C12H18N2O4. The zero-order valence-corrected chi connectivity index (χ0v) is 10.4. The number of nitrogens with zero attached hydrogens (tertiary/aromatic N) is 1. The molecule has 0 unspecified atom stereocenters. The van der Waals surface area contributed by atoms with E-state index in [1.165, 1.54) is 12.1 Å². The van der Waals surface area contributed by atoms with E-state index in [2.05, 4.69) is 0 Å². The van der Waals surface area contributed by atoms with Crippen LogP contribution in [0.15, 0.2) is 18.2 Å². The van der Waals surface area contributed by atoms with Gasteiger partial charge in [0.15, 0.2) is 0 Å². The average Bonchev–Trinajstić information content (AvgIpc) is 2.38. The number of nitro groups is 1. The molecule has 1 rings (SSSR count). The fourth-order valence-electron chi connectivity index (χ4n) is 1.47. The van der Waals surface area contributed by atoms with Crippen LogP contribution in [-0.2, 0) is 11.3 Å². The molecule has 1 aromatic carbocycles. The van der Waals surface area contributed by atoms with Crippen LogP contribution in [0.3, 0.4) is 0 Å². The highest BCUT2D eigenvalue weighted by molar-refractivity contribution is 5.43. The summed E-state index contributed by atoms with van der Waals surface area (Å²) in [5, 5.41) is 10.6. The molecule has 6 heteroatoms. The van der Waals surface area contributed by atoms with Gasteiger partial charge in [-0.2, -0.15) is 0 Å². The summed E-state index contributed by atoms with van der Waals surface area (Å²) in [6.07, 6.45) is 0.773. The molecular weight excluding hydrogens is 236 g/mol. The van der Waals surface area contributed by atoms with Gasteiger partial charge in [-0.15, -0.1) is 0 Å². The highest BCUT2D eigenvalue weighted by Crippen LogP contribution is 2.23. The molecule has 100 valence electrons. The van der Waals surface area contributed by atoms with E-state index in [0.717, 1.165) is 6.42 Å². The molecule has 0 bridgehead atoms. The van der Waals surface area contributed by atoms with Gasteiger partial charge in [0.25, 0.3) is 5.69 Å². The summed E-state index contributed by atoms with van der Waals surface area (Å²) in [5.74, 6) is 0.597. The molecule has 0 fully saturated rings. The molecule has 0 atom stereocenters. The van der Waals surface area contributed by atoms with Crippen LogP contribution in [0.4, 0.5) is 5.69 Å². The zero-order chi connectivity index (χ0) is 13.4. The molecule has 0 radical (unpaired) electrons. The molecule has 0 saturated carbocycles. The summed E-state index contributed by atoms with van der Waals surface area (Å²) in [6, 6.07) is 4.44. The van der Waals surface area contributed by atoms with Crippen LogP contribution in [0.25, 0.3) is 0 Å². The van der Waals surface area contributed by atoms with Gasteiger partial charge < -0.3 is 15.2 Å². The number of benzene rings is 1. The highest BCUT2D eigenvalue weighted by atomic mass is 16.6. The second-order valence-corrected chi connectivity index (χ2v) is 3.65. The topological polar surface area (TPSA) is 87.6 Å². The Labute approximate surface area is 106 Å². The third-order valence-corrected chi connectivity index (χ3v) is 2.37. The lowest BCUT2D eigenvalue weighted by molar-refractivity contribution is -0.384. The average molecular weight is 254 g/mol. The first-order valence-corrected chi connectivity index (χ1v) is 5.87. The highest BCUT2D eigenvalue weighted by Gasteiger charge is 2.10. The van der Waals surface area contributed by atoms with Crippen molar-refractivity contribution in [1.82, 2.24) is 0 Å². The first-order valence-electron chi connectivity index (χ1n) is 5.87. The van der Waals surface area contributed by atoms with E-state index in [1.54, 1.807) is 6.07 Å². The molecule has 0 saturated heterocycles. The Bertz CT molecular complexity index is 396. The van der Waals surface area contributed by atoms with E-state index >= 15 is 0 Å². The van der Waals surface area contributed by atoms with Crippen molar-refractivity contribution in [1.29, 1.82) is 0 Å². The third kappa shape index (κ3) is 4.31. The first-order chi connectivity index (χ1) is 8.69. The number of nitro benzene ring substituents is 1. The molecule has 0 aromatic heterocycles. The Morgan fingerprint density at radius 2 is 2.17 bits per heavy atom. The lowest BCUT2D eigenvalue weighted by Gasteiger charge is -2.10. The Morgan fingerprint density at radius 1 is 1.39 bits per heavy atom. The van der Waals surface area contributed by atoms with Crippen LogP contribution in [0.1, 0.15) is 18.9 Å². The lowest BCUT2D eigenvalue weighted by Crippen LogP contribution is -2.06. The molecule has 0 spiro atoms. The quantitative estimate of drug-likeness (QED) is 0.434. The van der Waals surface area contributed by atoms with Crippen LogP contribution in [0.2, 0.25) is 0 Å². The first kappa shape index (κ1) is 14.4. The SMILES string of the molecule is CCOCCCOc1ccc([N+](=O)[O-])cc1CN. The summed E-state index contributed by atoms with van der Waals surface area (Å²) in [6.45, 7) is 3.98. The summed E-state index contributed by atoms with van der Waals surface area (Å²) < 4.78 is 10.7. The predicted octanol–water partition coefficient (Wildman–Crippen LogP) is 1.86. The van der Waals surface area contributed by atoms with Crippen molar-refractivity contribution in [2.24, 2.45) is 5.73 Å². The minimum atomic E-state index is -0.446. The maximum absolute atomic E-state index is 10.6. The fourth-order valence-corrected chi connectivity index (χ4v) is 1.47. The number of nitrogens with two attached hydrogens (primary N) is 1.